The topological polar surface area (TPSA) is 38.3 Å². The van der Waals surface area contributed by atoms with Gasteiger partial charge in [-0.25, -0.2) is 0 Å². The van der Waals surface area contributed by atoms with Gasteiger partial charge in [0.1, 0.15) is 0 Å². The first-order valence-electron chi connectivity index (χ1n) is 6.31. The maximum atomic E-state index is 11.9. The van der Waals surface area contributed by atoms with E-state index < -0.39 is 0 Å². The van der Waals surface area contributed by atoms with Gasteiger partial charge in [0.25, 0.3) is 0 Å². The van der Waals surface area contributed by atoms with Crippen LogP contribution in [0.3, 0.4) is 0 Å². The van der Waals surface area contributed by atoms with Crippen LogP contribution in [0.5, 0.6) is 0 Å². The molecule has 1 heterocycles. The molecule has 98 valence electrons. The van der Waals surface area contributed by atoms with Crippen LogP contribution in [0.15, 0.2) is 28.7 Å². The zero-order chi connectivity index (χ0) is 13.0. The molecule has 0 bridgehead atoms. The molecule has 1 aliphatic heterocycles. The Morgan fingerprint density at radius 3 is 2.72 bits per heavy atom. The van der Waals surface area contributed by atoms with Crippen molar-refractivity contribution in [3.05, 3.63) is 34.3 Å². The monoisotopic (exact) mass is 311 g/mol. The van der Waals surface area contributed by atoms with Gasteiger partial charge in [0.05, 0.1) is 12.1 Å². The molecule has 1 fully saturated rings. The summed E-state index contributed by atoms with van der Waals surface area (Å²) in [5.74, 6) is 0.103. The molecule has 1 aromatic carbocycles. The smallest absolute Gasteiger partial charge is 0.220 e. The van der Waals surface area contributed by atoms with Gasteiger partial charge in [-0.2, -0.15) is 0 Å². The van der Waals surface area contributed by atoms with Crippen LogP contribution in [0.25, 0.3) is 0 Å². The summed E-state index contributed by atoms with van der Waals surface area (Å²) in [7, 11) is 0. The summed E-state index contributed by atoms with van der Waals surface area (Å²) < 4.78 is 6.54. The number of carbonyl (C=O) groups excluding carboxylic acids is 1. The van der Waals surface area contributed by atoms with E-state index in [4.69, 9.17) is 4.74 Å². The first kappa shape index (κ1) is 13.6. The fraction of sp³-hybridized carbons (Fsp3) is 0.500. The van der Waals surface area contributed by atoms with Crippen molar-refractivity contribution in [2.24, 2.45) is 0 Å². The number of hydrogen-bond acceptors (Lipinski definition) is 2. The molecule has 2 rings (SSSR count). The van der Waals surface area contributed by atoms with E-state index in [1.165, 1.54) is 0 Å². The van der Waals surface area contributed by atoms with Crippen molar-refractivity contribution in [2.75, 3.05) is 13.2 Å². The molecule has 1 atom stereocenters. The Balaban J connectivity index is 2.21. The van der Waals surface area contributed by atoms with E-state index in [0.717, 1.165) is 22.9 Å². The molecule has 1 aromatic rings. The highest BCUT2D eigenvalue weighted by molar-refractivity contribution is 9.10. The number of ether oxygens (including phenoxy) is 1. The van der Waals surface area contributed by atoms with Crippen molar-refractivity contribution in [3.63, 3.8) is 0 Å². The summed E-state index contributed by atoms with van der Waals surface area (Å²) in [6.07, 6.45) is 2.27. The van der Waals surface area contributed by atoms with Gasteiger partial charge >= 0.3 is 0 Å². The van der Waals surface area contributed by atoms with E-state index in [0.29, 0.717) is 19.6 Å². The molecule has 1 N–H and O–H groups in total. The molecule has 0 aliphatic carbocycles. The molecule has 0 spiro atoms. The Kier molecular flexibility index (Phi) is 4.40. The van der Waals surface area contributed by atoms with E-state index in [9.17, 15) is 4.79 Å². The Bertz CT molecular complexity index is 410. The lowest BCUT2D eigenvalue weighted by Gasteiger charge is -2.29. The van der Waals surface area contributed by atoms with E-state index in [1.54, 1.807) is 0 Å². The molecular weight excluding hydrogens is 294 g/mol. The van der Waals surface area contributed by atoms with Gasteiger partial charge in [0.15, 0.2) is 0 Å². The summed E-state index contributed by atoms with van der Waals surface area (Å²) in [5.41, 5.74) is 0.778. The van der Waals surface area contributed by atoms with Gasteiger partial charge in [-0.05, 0) is 24.1 Å². The Labute approximate surface area is 116 Å². The molecule has 4 heteroatoms. The number of hydrogen-bond donors (Lipinski definition) is 1. The lowest BCUT2D eigenvalue weighted by molar-refractivity contribution is -0.123. The van der Waals surface area contributed by atoms with Gasteiger partial charge < -0.3 is 10.1 Å². The van der Waals surface area contributed by atoms with Crippen molar-refractivity contribution in [2.45, 2.75) is 31.7 Å². The van der Waals surface area contributed by atoms with Crippen molar-refractivity contribution in [1.29, 1.82) is 0 Å². The number of rotatable bonds is 4. The number of amides is 1. The highest BCUT2D eigenvalue weighted by Gasteiger charge is 2.37. The van der Waals surface area contributed by atoms with Gasteiger partial charge in [0.2, 0.25) is 5.91 Å². The van der Waals surface area contributed by atoms with Gasteiger partial charge in [-0.15, -0.1) is 0 Å². The van der Waals surface area contributed by atoms with E-state index in [2.05, 4.69) is 21.2 Å². The molecule has 0 radical (unpaired) electrons. The van der Waals surface area contributed by atoms with Crippen LogP contribution in [-0.2, 0) is 15.1 Å². The number of benzene rings is 1. The quantitative estimate of drug-likeness (QED) is 0.928. The summed E-state index contributed by atoms with van der Waals surface area (Å²) in [6, 6.07) is 8.10. The van der Waals surface area contributed by atoms with Crippen LogP contribution in [-0.4, -0.2) is 19.1 Å². The lowest BCUT2D eigenvalue weighted by atomic mass is 9.89. The van der Waals surface area contributed by atoms with Gasteiger partial charge in [-0.1, -0.05) is 35.0 Å². The molecule has 1 aliphatic rings. The molecular formula is C14H18BrNO2. The second kappa shape index (κ2) is 5.85. The molecule has 1 amide bonds. The zero-order valence-electron chi connectivity index (χ0n) is 10.5. The van der Waals surface area contributed by atoms with Gasteiger partial charge in [-0.3, -0.25) is 4.79 Å². The van der Waals surface area contributed by atoms with Crippen molar-refractivity contribution < 1.29 is 9.53 Å². The van der Waals surface area contributed by atoms with Crippen molar-refractivity contribution in [1.82, 2.24) is 5.32 Å². The Morgan fingerprint density at radius 1 is 1.44 bits per heavy atom. The maximum absolute atomic E-state index is 11.9. The number of halogens is 1. The predicted molar refractivity (Wildman–Crippen MR) is 74.3 cm³/mol. The minimum absolute atomic E-state index is 0.103. The van der Waals surface area contributed by atoms with Crippen LogP contribution in [0.1, 0.15) is 31.7 Å². The van der Waals surface area contributed by atoms with Crippen LogP contribution in [0, 0.1) is 0 Å². The van der Waals surface area contributed by atoms with E-state index in [-0.39, 0.29) is 11.4 Å². The van der Waals surface area contributed by atoms with Crippen LogP contribution < -0.4 is 5.32 Å². The second-order valence-electron chi connectivity index (χ2n) is 4.69. The van der Waals surface area contributed by atoms with E-state index in [1.807, 2.05) is 31.2 Å². The average Bonchev–Trinajstić information content (AvgIpc) is 2.79. The third-order valence-electron chi connectivity index (χ3n) is 3.27. The number of nitrogens with one attached hydrogen (secondary N) is 1. The summed E-state index contributed by atoms with van der Waals surface area (Å²) >= 11 is 3.43. The van der Waals surface area contributed by atoms with Crippen LogP contribution in [0.2, 0.25) is 0 Å². The highest BCUT2D eigenvalue weighted by Crippen LogP contribution is 2.31. The average molecular weight is 312 g/mol. The third-order valence-corrected chi connectivity index (χ3v) is 3.80. The summed E-state index contributed by atoms with van der Waals surface area (Å²) in [4.78, 5) is 11.9. The highest BCUT2D eigenvalue weighted by atomic mass is 79.9. The van der Waals surface area contributed by atoms with E-state index >= 15 is 0 Å². The van der Waals surface area contributed by atoms with Crippen LogP contribution >= 0.6 is 15.9 Å². The summed E-state index contributed by atoms with van der Waals surface area (Å²) in [6.45, 7) is 3.27. The molecule has 0 saturated carbocycles. The van der Waals surface area contributed by atoms with Crippen LogP contribution in [0.4, 0.5) is 0 Å². The molecule has 1 unspecified atom stereocenters. The number of carbonyl (C=O) groups is 1. The Morgan fingerprint density at radius 2 is 2.17 bits per heavy atom. The molecule has 0 aromatic heterocycles. The fourth-order valence-corrected chi connectivity index (χ4v) is 2.55. The largest absolute Gasteiger partial charge is 0.379 e. The first-order valence-corrected chi connectivity index (χ1v) is 7.10. The molecule has 18 heavy (non-hydrogen) atoms. The molecule has 3 nitrogen and oxygen atoms in total. The van der Waals surface area contributed by atoms with Gasteiger partial charge in [0, 0.05) is 23.9 Å². The molecule has 1 saturated heterocycles. The third kappa shape index (κ3) is 2.93. The minimum atomic E-state index is -0.340. The maximum Gasteiger partial charge on any atom is 0.220 e. The normalized spacial score (nSPS) is 23.0. The summed E-state index contributed by atoms with van der Waals surface area (Å²) in [5, 5.41) is 3.15. The zero-order valence-corrected chi connectivity index (χ0v) is 12.1. The fourth-order valence-electron chi connectivity index (χ4n) is 2.29. The lowest BCUT2D eigenvalue weighted by Crippen LogP contribution is -2.46. The van der Waals surface area contributed by atoms with Crippen molar-refractivity contribution in [3.8, 4) is 0 Å². The predicted octanol–water partition coefficient (Wildman–Crippen LogP) is 2.98. The van der Waals surface area contributed by atoms with Crippen molar-refractivity contribution >= 4 is 21.8 Å². The SMILES string of the molecule is CCCC(=O)NC1(c2ccc(Br)cc2)CCOC1. The second-order valence-corrected chi connectivity index (χ2v) is 5.61. The standard InChI is InChI=1S/C14H18BrNO2/c1-2-3-13(17)16-14(8-9-18-10-14)11-4-6-12(15)7-5-11/h4-7H,2-3,8-10H2,1H3,(H,16,17). The first-order chi connectivity index (χ1) is 8.66. The Hall–Kier alpha value is -0.870. The minimum Gasteiger partial charge on any atom is -0.379 e.